The molecule has 7 heteroatoms. The van der Waals surface area contributed by atoms with Crippen molar-refractivity contribution >= 4 is 11.3 Å². The van der Waals surface area contributed by atoms with Gasteiger partial charge in [-0.25, -0.2) is 9.50 Å². The highest BCUT2D eigenvalue weighted by molar-refractivity contribution is 5.66. The van der Waals surface area contributed by atoms with E-state index in [1.54, 1.807) is 12.3 Å². The van der Waals surface area contributed by atoms with Crippen molar-refractivity contribution in [1.82, 2.24) is 14.6 Å². The Balaban J connectivity index is 2.24. The van der Waals surface area contributed by atoms with Crippen LogP contribution in [0.4, 0.5) is 19.0 Å². The van der Waals surface area contributed by atoms with Gasteiger partial charge in [-0.2, -0.15) is 18.3 Å². The highest BCUT2D eigenvalue weighted by Gasteiger charge is 2.27. The monoisotopic (exact) mass is 216 g/mol. The van der Waals surface area contributed by atoms with Crippen molar-refractivity contribution in [2.24, 2.45) is 0 Å². The van der Waals surface area contributed by atoms with Crippen LogP contribution in [-0.4, -0.2) is 27.3 Å². The molecule has 1 N–H and O–H groups in total. The second-order valence-electron chi connectivity index (χ2n) is 2.91. The first-order valence-corrected chi connectivity index (χ1v) is 4.15. The molecule has 0 aliphatic rings. The summed E-state index contributed by atoms with van der Waals surface area (Å²) in [6, 6.07) is 1.59. The minimum absolute atomic E-state index is 0.173. The van der Waals surface area contributed by atoms with Crippen molar-refractivity contribution in [2.45, 2.75) is 6.18 Å². The van der Waals surface area contributed by atoms with Gasteiger partial charge in [-0.15, -0.1) is 0 Å². The molecular formula is C8H7F3N4. The van der Waals surface area contributed by atoms with Gasteiger partial charge in [0.15, 0.2) is 5.82 Å². The largest absolute Gasteiger partial charge is 0.405 e. The van der Waals surface area contributed by atoms with Crippen LogP contribution in [0.5, 0.6) is 0 Å². The number of nitrogens with zero attached hydrogens (tertiary/aromatic N) is 3. The highest BCUT2D eigenvalue weighted by Crippen LogP contribution is 2.17. The molecule has 4 nitrogen and oxygen atoms in total. The van der Waals surface area contributed by atoms with Crippen LogP contribution in [0.2, 0.25) is 0 Å². The topological polar surface area (TPSA) is 42.2 Å². The molecule has 0 saturated heterocycles. The van der Waals surface area contributed by atoms with Gasteiger partial charge in [0.25, 0.3) is 0 Å². The van der Waals surface area contributed by atoms with E-state index in [1.165, 1.54) is 16.9 Å². The number of anilines is 1. The number of aromatic nitrogens is 3. The van der Waals surface area contributed by atoms with Gasteiger partial charge in [-0.3, -0.25) is 0 Å². The third-order valence-electron chi connectivity index (χ3n) is 1.78. The fourth-order valence-corrected chi connectivity index (χ4v) is 1.18. The summed E-state index contributed by atoms with van der Waals surface area (Å²) in [7, 11) is 0. The number of fused-ring (bicyclic) bond motifs is 1. The Bertz CT molecular complexity index is 462. The van der Waals surface area contributed by atoms with Gasteiger partial charge in [-0.05, 0) is 6.07 Å². The number of alkyl halides is 3. The zero-order valence-corrected chi connectivity index (χ0v) is 7.49. The van der Waals surface area contributed by atoms with E-state index in [-0.39, 0.29) is 5.82 Å². The maximum atomic E-state index is 12.0. The van der Waals surface area contributed by atoms with Crippen molar-refractivity contribution in [3.63, 3.8) is 0 Å². The fourth-order valence-electron chi connectivity index (χ4n) is 1.18. The molecule has 2 aromatic heterocycles. The van der Waals surface area contributed by atoms with Crippen LogP contribution in [0.15, 0.2) is 24.7 Å². The predicted octanol–water partition coefficient (Wildman–Crippen LogP) is 1.70. The molecule has 2 heterocycles. The molecule has 0 radical (unpaired) electrons. The van der Waals surface area contributed by atoms with E-state index < -0.39 is 12.7 Å². The number of hydrogen-bond acceptors (Lipinski definition) is 3. The number of halogens is 3. The highest BCUT2D eigenvalue weighted by atomic mass is 19.4. The third kappa shape index (κ3) is 2.17. The molecule has 0 saturated carbocycles. The summed E-state index contributed by atoms with van der Waals surface area (Å²) in [6.45, 7) is -1.11. The van der Waals surface area contributed by atoms with Crippen molar-refractivity contribution in [3.05, 3.63) is 24.7 Å². The van der Waals surface area contributed by atoms with Gasteiger partial charge < -0.3 is 5.32 Å². The van der Waals surface area contributed by atoms with Crippen molar-refractivity contribution in [3.8, 4) is 0 Å². The molecule has 0 atom stereocenters. The number of rotatable bonds is 2. The smallest absolute Gasteiger partial charge is 0.359 e. The molecule has 0 amide bonds. The maximum Gasteiger partial charge on any atom is 0.405 e. The fraction of sp³-hybridized carbons (Fsp3) is 0.250. The molecule has 0 bridgehead atoms. The van der Waals surface area contributed by atoms with Crippen LogP contribution < -0.4 is 5.32 Å². The van der Waals surface area contributed by atoms with Gasteiger partial charge in [0, 0.05) is 12.4 Å². The Hall–Kier alpha value is -1.79. The van der Waals surface area contributed by atoms with E-state index in [2.05, 4.69) is 15.4 Å². The summed E-state index contributed by atoms with van der Waals surface area (Å²) >= 11 is 0. The summed E-state index contributed by atoms with van der Waals surface area (Å²) in [6.07, 6.45) is 0.192. The zero-order valence-electron chi connectivity index (χ0n) is 7.49. The molecule has 0 unspecified atom stereocenters. The molecule has 0 aliphatic carbocycles. The average Bonchev–Trinajstić information content (AvgIpc) is 2.61. The first-order valence-electron chi connectivity index (χ1n) is 4.15. The first kappa shape index (κ1) is 9.75. The second-order valence-corrected chi connectivity index (χ2v) is 2.91. The Morgan fingerprint density at radius 2 is 2.13 bits per heavy atom. The van der Waals surface area contributed by atoms with Gasteiger partial charge >= 0.3 is 6.18 Å². The van der Waals surface area contributed by atoms with E-state index in [0.717, 1.165) is 0 Å². The van der Waals surface area contributed by atoms with Crippen molar-refractivity contribution in [2.75, 3.05) is 11.9 Å². The van der Waals surface area contributed by atoms with Crippen LogP contribution in [0, 0.1) is 0 Å². The summed E-state index contributed by atoms with van der Waals surface area (Å²) < 4.78 is 37.3. The molecule has 0 aliphatic heterocycles. The lowest BCUT2D eigenvalue weighted by Crippen LogP contribution is -2.22. The standard InChI is InChI=1S/C8H7F3N4/c9-8(10,11)5-13-7-6-1-2-14-15(6)4-3-12-7/h1-4H,5H2,(H,12,13). The van der Waals surface area contributed by atoms with Crippen molar-refractivity contribution in [1.29, 1.82) is 0 Å². The van der Waals surface area contributed by atoms with Crippen LogP contribution >= 0.6 is 0 Å². The van der Waals surface area contributed by atoms with E-state index in [0.29, 0.717) is 5.52 Å². The van der Waals surface area contributed by atoms with Gasteiger partial charge in [-0.1, -0.05) is 0 Å². The molecule has 15 heavy (non-hydrogen) atoms. The molecular weight excluding hydrogens is 209 g/mol. The minimum atomic E-state index is -4.26. The second kappa shape index (κ2) is 3.41. The van der Waals surface area contributed by atoms with Crippen LogP contribution in [0.3, 0.4) is 0 Å². The Morgan fingerprint density at radius 1 is 1.33 bits per heavy atom. The molecule has 0 aromatic carbocycles. The Morgan fingerprint density at radius 3 is 2.87 bits per heavy atom. The Labute approximate surface area is 82.7 Å². The van der Waals surface area contributed by atoms with Crippen molar-refractivity contribution < 1.29 is 13.2 Å². The third-order valence-corrected chi connectivity index (χ3v) is 1.78. The average molecular weight is 216 g/mol. The lowest BCUT2D eigenvalue weighted by molar-refractivity contribution is -0.115. The maximum absolute atomic E-state index is 12.0. The Kier molecular flexibility index (Phi) is 2.22. The van der Waals surface area contributed by atoms with E-state index in [9.17, 15) is 13.2 Å². The van der Waals surface area contributed by atoms with Crippen LogP contribution in [-0.2, 0) is 0 Å². The summed E-state index contributed by atoms with van der Waals surface area (Å²) in [4.78, 5) is 3.81. The quantitative estimate of drug-likeness (QED) is 0.830. The molecule has 0 fully saturated rings. The van der Waals surface area contributed by atoms with Crippen LogP contribution in [0.25, 0.3) is 5.52 Å². The van der Waals surface area contributed by atoms with Gasteiger partial charge in [0.2, 0.25) is 0 Å². The van der Waals surface area contributed by atoms with Gasteiger partial charge in [0.1, 0.15) is 12.1 Å². The zero-order chi connectivity index (χ0) is 10.9. The van der Waals surface area contributed by atoms with Gasteiger partial charge in [0.05, 0.1) is 6.20 Å². The molecule has 2 aromatic rings. The molecule has 0 spiro atoms. The summed E-state index contributed by atoms with van der Waals surface area (Å²) in [5, 5.41) is 6.10. The van der Waals surface area contributed by atoms with E-state index in [1.807, 2.05) is 0 Å². The predicted molar refractivity (Wildman–Crippen MR) is 47.5 cm³/mol. The summed E-state index contributed by atoms with van der Waals surface area (Å²) in [5.74, 6) is 0.173. The number of hydrogen-bond donors (Lipinski definition) is 1. The molecule has 2 rings (SSSR count). The number of nitrogens with one attached hydrogen (secondary N) is 1. The lowest BCUT2D eigenvalue weighted by atomic mass is 10.4. The van der Waals surface area contributed by atoms with E-state index >= 15 is 0 Å². The first-order chi connectivity index (χ1) is 7.06. The van der Waals surface area contributed by atoms with E-state index in [4.69, 9.17) is 0 Å². The minimum Gasteiger partial charge on any atom is -0.359 e. The SMILES string of the molecule is FC(F)(F)CNc1nccn2nccc12. The lowest BCUT2D eigenvalue weighted by Gasteiger charge is -2.09. The molecule has 80 valence electrons. The summed E-state index contributed by atoms with van der Waals surface area (Å²) in [5.41, 5.74) is 0.516. The normalized spacial score (nSPS) is 11.9. The van der Waals surface area contributed by atoms with Crippen LogP contribution in [0.1, 0.15) is 0 Å².